The summed E-state index contributed by atoms with van der Waals surface area (Å²) in [4.78, 5) is 0. The second-order valence-electron chi connectivity index (χ2n) is 4.51. The van der Waals surface area contributed by atoms with Crippen LogP contribution in [0.5, 0.6) is 0 Å². The maximum Gasteiger partial charge on any atom is 0.229 e. The highest BCUT2D eigenvalue weighted by Gasteiger charge is 2.07. The molecular formula is C14H14BrClN2O2S. The van der Waals surface area contributed by atoms with E-state index in [-0.39, 0.29) is 0 Å². The molecular weight excluding hydrogens is 376 g/mol. The fraction of sp³-hybridized carbons (Fsp3) is 0.143. The van der Waals surface area contributed by atoms with Crippen LogP contribution in [0, 0.1) is 0 Å². The molecule has 0 amide bonds. The van der Waals surface area contributed by atoms with Gasteiger partial charge in [-0.05, 0) is 29.8 Å². The zero-order valence-corrected chi connectivity index (χ0v) is 14.4. The fourth-order valence-electron chi connectivity index (χ4n) is 1.78. The van der Waals surface area contributed by atoms with E-state index in [2.05, 4.69) is 26.0 Å². The minimum atomic E-state index is -3.31. The summed E-state index contributed by atoms with van der Waals surface area (Å²) < 4.78 is 26.1. The molecule has 0 atom stereocenters. The Bertz CT molecular complexity index is 750. The van der Waals surface area contributed by atoms with Crippen LogP contribution in [0.2, 0.25) is 5.02 Å². The van der Waals surface area contributed by atoms with Gasteiger partial charge in [0.2, 0.25) is 10.0 Å². The number of hydrogen-bond acceptors (Lipinski definition) is 3. The number of benzene rings is 2. The van der Waals surface area contributed by atoms with E-state index in [9.17, 15) is 8.42 Å². The third-order valence-corrected chi connectivity index (χ3v) is 4.27. The predicted octanol–water partition coefficient (Wildman–Crippen LogP) is 4.09. The molecule has 112 valence electrons. The van der Waals surface area contributed by atoms with Gasteiger partial charge in [-0.2, -0.15) is 0 Å². The van der Waals surface area contributed by atoms with Crippen molar-refractivity contribution >= 4 is 48.9 Å². The molecule has 2 aromatic carbocycles. The van der Waals surface area contributed by atoms with E-state index in [1.54, 1.807) is 12.1 Å². The number of sulfonamides is 1. The summed E-state index contributed by atoms with van der Waals surface area (Å²) in [7, 11) is -3.31. The standard InChI is InChI=1S/C14H14BrClN2O2S/c1-21(19,20)18-14-5-3-2-4-13(14)17-9-10-6-7-11(16)8-12(10)15/h2-8,17-18H,9H2,1H3. The summed E-state index contributed by atoms with van der Waals surface area (Å²) >= 11 is 9.36. The number of para-hydroxylation sites is 2. The Morgan fingerprint density at radius 2 is 1.81 bits per heavy atom. The van der Waals surface area contributed by atoms with Gasteiger partial charge in [0, 0.05) is 16.0 Å². The van der Waals surface area contributed by atoms with E-state index in [0.717, 1.165) is 16.3 Å². The summed E-state index contributed by atoms with van der Waals surface area (Å²) in [5, 5.41) is 3.87. The number of halogens is 2. The summed E-state index contributed by atoms with van der Waals surface area (Å²) in [5.41, 5.74) is 2.25. The van der Waals surface area contributed by atoms with E-state index in [1.165, 1.54) is 0 Å². The molecule has 0 aliphatic carbocycles. The van der Waals surface area contributed by atoms with E-state index in [0.29, 0.717) is 22.9 Å². The number of hydrogen-bond donors (Lipinski definition) is 2. The first-order chi connectivity index (χ1) is 9.85. The molecule has 2 rings (SSSR count). The molecule has 2 aromatic rings. The summed E-state index contributed by atoms with van der Waals surface area (Å²) in [6.45, 7) is 0.542. The monoisotopic (exact) mass is 388 g/mol. The van der Waals surface area contributed by atoms with Gasteiger partial charge in [0.1, 0.15) is 0 Å². The Morgan fingerprint density at radius 3 is 2.43 bits per heavy atom. The van der Waals surface area contributed by atoms with Crippen LogP contribution in [0.1, 0.15) is 5.56 Å². The van der Waals surface area contributed by atoms with Gasteiger partial charge in [0.25, 0.3) is 0 Å². The Hall–Kier alpha value is -1.24. The molecule has 2 N–H and O–H groups in total. The van der Waals surface area contributed by atoms with Crippen molar-refractivity contribution in [2.45, 2.75) is 6.54 Å². The normalized spacial score (nSPS) is 11.2. The van der Waals surface area contributed by atoms with Crippen LogP contribution >= 0.6 is 27.5 Å². The molecule has 0 fully saturated rings. The first-order valence-corrected chi connectivity index (χ1v) is 9.16. The maximum atomic E-state index is 11.4. The minimum absolute atomic E-state index is 0.519. The largest absolute Gasteiger partial charge is 0.379 e. The molecule has 0 heterocycles. The lowest BCUT2D eigenvalue weighted by Gasteiger charge is -2.13. The third kappa shape index (κ3) is 4.91. The third-order valence-electron chi connectivity index (χ3n) is 2.71. The van der Waals surface area contributed by atoms with E-state index >= 15 is 0 Å². The zero-order valence-electron chi connectivity index (χ0n) is 11.2. The van der Waals surface area contributed by atoms with Crippen molar-refractivity contribution in [1.29, 1.82) is 0 Å². The van der Waals surface area contributed by atoms with E-state index < -0.39 is 10.0 Å². The SMILES string of the molecule is CS(=O)(=O)Nc1ccccc1NCc1ccc(Cl)cc1Br. The lowest BCUT2D eigenvalue weighted by atomic mass is 10.2. The van der Waals surface area contributed by atoms with Gasteiger partial charge in [-0.15, -0.1) is 0 Å². The summed E-state index contributed by atoms with van der Waals surface area (Å²) in [5.74, 6) is 0. The van der Waals surface area contributed by atoms with Crippen LogP contribution in [-0.4, -0.2) is 14.7 Å². The van der Waals surface area contributed by atoms with Crippen LogP contribution in [0.3, 0.4) is 0 Å². The number of anilines is 2. The Morgan fingerprint density at radius 1 is 1.14 bits per heavy atom. The predicted molar refractivity (Wildman–Crippen MR) is 91.4 cm³/mol. The molecule has 0 bridgehead atoms. The molecule has 7 heteroatoms. The Labute approximate surface area is 137 Å². The van der Waals surface area contributed by atoms with Crippen molar-refractivity contribution in [3.8, 4) is 0 Å². The van der Waals surface area contributed by atoms with Crippen molar-refractivity contribution in [3.05, 3.63) is 57.5 Å². The topological polar surface area (TPSA) is 58.2 Å². The van der Waals surface area contributed by atoms with Gasteiger partial charge in [0.05, 0.1) is 17.6 Å². The highest BCUT2D eigenvalue weighted by molar-refractivity contribution is 9.10. The van der Waals surface area contributed by atoms with Gasteiger partial charge in [0.15, 0.2) is 0 Å². The van der Waals surface area contributed by atoms with E-state index in [4.69, 9.17) is 11.6 Å². The van der Waals surface area contributed by atoms with Crippen LogP contribution in [0.4, 0.5) is 11.4 Å². The molecule has 4 nitrogen and oxygen atoms in total. The molecule has 0 aromatic heterocycles. The minimum Gasteiger partial charge on any atom is -0.379 e. The first kappa shape index (κ1) is 16.1. The van der Waals surface area contributed by atoms with Gasteiger partial charge in [-0.1, -0.05) is 45.7 Å². The smallest absolute Gasteiger partial charge is 0.229 e. The lowest BCUT2D eigenvalue weighted by Crippen LogP contribution is -2.12. The quantitative estimate of drug-likeness (QED) is 0.810. The molecule has 0 unspecified atom stereocenters. The van der Waals surface area contributed by atoms with Gasteiger partial charge in [-0.3, -0.25) is 4.72 Å². The molecule has 0 aliphatic heterocycles. The molecule has 0 spiro atoms. The second kappa shape index (κ2) is 6.68. The van der Waals surface area contributed by atoms with Gasteiger partial charge >= 0.3 is 0 Å². The highest BCUT2D eigenvalue weighted by atomic mass is 79.9. The second-order valence-corrected chi connectivity index (χ2v) is 7.55. The Kier molecular flexibility index (Phi) is 5.13. The molecule has 0 radical (unpaired) electrons. The average Bonchev–Trinajstić information content (AvgIpc) is 2.37. The van der Waals surface area contributed by atoms with Crippen molar-refractivity contribution in [2.75, 3.05) is 16.3 Å². The number of rotatable bonds is 5. The van der Waals surface area contributed by atoms with Crippen molar-refractivity contribution < 1.29 is 8.42 Å². The maximum absolute atomic E-state index is 11.4. The van der Waals surface area contributed by atoms with Crippen LogP contribution in [0.15, 0.2) is 46.9 Å². The summed E-state index contributed by atoms with van der Waals surface area (Å²) in [6.07, 6.45) is 1.12. The van der Waals surface area contributed by atoms with Gasteiger partial charge < -0.3 is 5.32 Å². The zero-order chi connectivity index (χ0) is 15.5. The van der Waals surface area contributed by atoms with Crippen molar-refractivity contribution in [1.82, 2.24) is 0 Å². The van der Waals surface area contributed by atoms with Crippen LogP contribution in [0.25, 0.3) is 0 Å². The summed E-state index contributed by atoms with van der Waals surface area (Å²) in [6, 6.07) is 12.7. The van der Waals surface area contributed by atoms with Crippen LogP contribution < -0.4 is 10.0 Å². The molecule has 21 heavy (non-hydrogen) atoms. The molecule has 0 saturated heterocycles. The first-order valence-electron chi connectivity index (χ1n) is 6.10. The fourth-order valence-corrected chi connectivity index (χ4v) is 3.18. The van der Waals surface area contributed by atoms with Crippen LogP contribution in [-0.2, 0) is 16.6 Å². The lowest BCUT2D eigenvalue weighted by molar-refractivity contribution is 0.607. The number of nitrogens with one attached hydrogen (secondary N) is 2. The van der Waals surface area contributed by atoms with E-state index in [1.807, 2.05) is 30.3 Å². The highest BCUT2D eigenvalue weighted by Crippen LogP contribution is 2.25. The molecule has 0 saturated carbocycles. The van der Waals surface area contributed by atoms with Crippen molar-refractivity contribution in [2.24, 2.45) is 0 Å². The Balaban J connectivity index is 2.16. The average molecular weight is 390 g/mol. The molecule has 0 aliphatic rings. The van der Waals surface area contributed by atoms with Crippen molar-refractivity contribution in [3.63, 3.8) is 0 Å². The van der Waals surface area contributed by atoms with Gasteiger partial charge in [-0.25, -0.2) is 8.42 Å².